The maximum absolute atomic E-state index is 13.5. The number of esters is 1. The van der Waals surface area contributed by atoms with E-state index in [4.69, 9.17) is 14.2 Å². The number of unbranched alkanes of at least 4 members (excludes halogenated alkanes) is 40. The molecule has 1 aliphatic rings. The van der Waals surface area contributed by atoms with E-state index in [-0.39, 0.29) is 19.4 Å². The van der Waals surface area contributed by atoms with E-state index in [1.54, 1.807) is 6.08 Å². The summed E-state index contributed by atoms with van der Waals surface area (Å²) in [5.74, 6) is -1.19. The first-order valence-electron chi connectivity index (χ1n) is 37.2. The molecule has 512 valence electrons. The van der Waals surface area contributed by atoms with Crippen LogP contribution in [-0.4, -0.2) is 99.6 Å². The van der Waals surface area contributed by atoms with Gasteiger partial charge in [0.05, 0.1) is 25.4 Å². The predicted molar refractivity (Wildman–Crippen MR) is 370 cm³/mol. The van der Waals surface area contributed by atoms with Gasteiger partial charge in [0.1, 0.15) is 24.4 Å². The van der Waals surface area contributed by atoms with E-state index >= 15 is 0 Å². The van der Waals surface area contributed by atoms with Crippen LogP contribution in [-0.2, 0) is 23.8 Å². The maximum atomic E-state index is 13.5. The molecule has 0 spiro atoms. The van der Waals surface area contributed by atoms with Crippen LogP contribution in [0.4, 0.5) is 0 Å². The van der Waals surface area contributed by atoms with Crippen LogP contribution >= 0.6 is 0 Å². The Labute approximate surface area is 541 Å². The predicted octanol–water partition coefficient (Wildman–Crippen LogP) is 19.5. The zero-order chi connectivity index (χ0) is 63.9. The fourth-order valence-electron chi connectivity index (χ4n) is 11.5. The highest BCUT2D eigenvalue weighted by Crippen LogP contribution is 2.26. The third-order valence-corrected chi connectivity index (χ3v) is 17.3. The highest BCUT2D eigenvalue weighted by atomic mass is 16.7. The SMILES string of the molecule is CCCCC/C=C\C/C=C\C/C=C\C/C=C\CCCCCCCCCCCCC(O)C(=O)NC(COC1OC(CO)C(O)C(O)C1OC(=O)CCCCCCCCCCCCC/C=C/CCCCCCCC)C(O)/C=C/CCCCCCCCCCCC. The molecule has 88 heavy (non-hydrogen) atoms. The lowest BCUT2D eigenvalue weighted by molar-refractivity contribution is -0.305. The van der Waals surface area contributed by atoms with E-state index in [0.29, 0.717) is 12.8 Å². The topological polar surface area (TPSA) is 175 Å². The number of carbonyl (C=O) groups excluding carboxylic acids is 2. The lowest BCUT2D eigenvalue weighted by Gasteiger charge is -2.41. The molecule has 0 aliphatic carbocycles. The molecule has 8 atom stereocenters. The minimum absolute atomic E-state index is 0.123. The fraction of sp³-hybridized carbons (Fsp3) is 0.818. The lowest BCUT2D eigenvalue weighted by Crippen LogP contribution is -2.61. The van der Waals surface area contributed by atoms with Gasteiger partial charge in [0, 0.05) is 6.42 Å². The molecule has 0 bridgehead atoms. The summed E-state index contributed by atoms with van der Waals surface area (Å²) < 4.78 is 17.7. The van der Waals surface area contributed by atoms with Crippen molar-refractivity contribution in [1.29, 1.82) is 0 Å². The molecule has 0 aromatic heterocycles. The van der Waals surface area contributed by atoms with Crippen LogP contribution in [0.25, 0.3) is 0 Å². The Bertz CT molecular complexity index is 1710. The normalized spacial score (nSPS) is 18.6. The molecular weight excluding hydrogens is 1100 g/mol. The van der Waals surface area contributed by atoms with Gasteiger partial charge in [-0.1, -0.05) is 312 Å². The molecule has 1 fully saturated rings. The molecule has 1 saturated heterocycles. The number of aliphatic hydroxyl groups is 5. The summed E-state index contributed by atoms with van der Waals surface area (Å²) in [7, 11) is 0. The van der Waals surface area contributed by atoms with Crippen LogP contribution in [0.5, 0.6) is 0 Å². The minimum Gasteiger partial charge on any atom is -0.454 e. The quantitative estimate of drug-likeness (QED) is 0.0195. The van der Waals surface area contributed by atoms with Crippen molar-refractivity contribution in [2.45, 2.75) is 391 Å². The molecule has 0 aromatic rings. The highest BCUT2D eigenvalue weighted by Gasteiger charge is 2.47. The largest absolute Gasteiger partial charge is 0.454 e. The third-order valence-electron chi connectivity index (χ3n) is 17.3. The average molecular weight is 1240 g/mol. The van der Waals surface area contributed by atoms with E-state index in [2.05, 4.69) is 86.8 Å². The van der Waals surface area contributed by atoms with Gasteiger partial charge in [-0.3, -0.25) is 9.59 Å². The maximum Gasteiger partial charge on any atom is 0.306 e. The van der Waals surface area contributed by atoms with Gasteiger partial charge in [0.25, 0.3) is 0 Å². The summed E-state index contributed by atoms with van der Waals surface area (Å²) in [6.07, 6.45) is 73.7. The number of allylic oxidation sites excluding steroid dienone is 11. The van der Waals surface area contributed by atoms with Crippen LogP contribution in [0.3, 0.4) is 0 Å². The number of rotatable bonds is 64. The van der Waals surface area contributed by atoms with E-state index < -0.39 is 67.4 Å². The van der Waals surface area contributed by atoms with Gasteiger partial charge in [0.15, 0.2) is 12.4 Å². The van der Waals surface area contributed by atoms with E-state index in [1.165, 1.54) is 212 Å². The van der Waals surface area contributed by atoms with Gasteiger partial charge in [-0.2, -0.15) is 0 Å². The average Bonchev–Trinajstić information content (AvgIpc) is 1.25. The first-order valence-corrected chi connectivity index (χ1v) is 37.2. The van der Waals surface area contributed by atoms with Gasteiger partial charge in [-0.25, -0.2) is 0 Å². The minimum atomic E-state index is -1.62. The summed E-state index contributed by atoms with van der Waals surface area (Å²) in [4.78, 5) is 26.7. The van der Waals surface area contributed by atoms with Crippen LogP contribution in [0.2, 0.25) is 0 Å². The summed E-state index contributed by atoms with van der Waals surface area (Å²) in [6, 6.07) is -1.03. The standard InChI is InChI=1S/C77H139NO10/c1-4-7-10-13-16-19-22-25-27-29-31-33-34-35-36-37-39-40-42-44-46-49-52-55-58-61-64-70(81)76(85)78-68(69(80)63-60-57-54-51-48-24-21-18-15-12-9-6-3)67-86-77-75(74(84)73(83)71(66-79)87-77)88-72(82)65-62-59-56-53-50-47-45-43-41-38-32-30-28-26-23-20-17-14-11-8-5-2/h16,19,25-28,31,33,35-36,60,63,68-71,73-75,77,79-81,83-84H,4-15,17-18,20-24,29-30,32,34,37-59,61-62,64-67H2,1-3H3,(H,78,85)/b19-16-,27-25-,28-26+,33-31-,36-35-,63-60+. The van der Waals surface area contributed by atoms with E-state index in [1.807, 2.05) is 6.08 Å². The Hall–Kier alpha value is -2.90. The summed E-state index contributed by atoms with van der Waals surface area (Å²) in [5, 5.41) is 57.3. The van der Waals surface area contributed by atoms with Crippen LogP contribution in [0.15, 0.2) is 72.9 Å². The van der Waals surface area contributed by atoms with Crippen LogP contribution < -0.4 is 5.32 Å². The third kappa shape index (κ3) is 50.7. The second-order valence-corrected chi connectivity index (χ2v) is 25.7. The van der Waals surface area contributed by atoms with Crippen molar-refractivity contribution < 1.29 is 49.3 Å². The molecule has 1 heterocycles. The zero-order valence-corrected chi connectivity index (χ0v) is 57.1. The van der Waals surface area contributed by atoms with Crippen molar-refractivity contribution in [3.63, 3.8) is 0 Å². The molecule has 1 aliphatic heterocycles. The van der Waals surface area contributed by atoms with Crippen molar-refractivity contribution in [3.05, 3.63) is 72.9 Å². The van der Waals surface area contributed by atoms with Crippen LogP contribution in [0.1, 0.15) is 342 Å². The van der Waals surface area contributed by atoms with Gasteiger partial charge >= 0.3 is 5.97 Å². The number of amides is 1. The Morgan fingerprint density at radius 2 is 0.784 bits per heavy atom. The number of aliphatic hydroxyl groups excluding tert-OH is 5. The number of nitrogens with one attached hydrogen (secondary N) is 1. The van der Waals surface area contributed by atoms with Gasteiger partial charge in [-0.05, 0) is 96.3 Å². The Morgan fingerprint density at radius 3 is 1.20 bits per heavy atom. The lowest BCUT2D eigenvalue weighted by atomic mass is 9.99. The van der Waals surface area contributed by atoms with Crippen LogP contribution in [0, 0.1) is 0 Å². The second kappa shape index (κ2) is 64.2. The molecule has 0 aromatic carbocycles. The molecule has 0 saturated carbocycles. The van der Waals surface area contributed by atoms with Gasteiger partial charge in [-0.15, -0.1) is 0 Å². The molecule has 8 unspecified atom stereocenters. The number of carbonyl (C=O) groups is 2. The van der Waals surface area contributed by atoms with E-state index in [9.17, 15) is 35.1 Å². The highest BCUT2D eigenvalue weighted by molar-refractivity contribution is 5.80. The van der Waals surface area contributed by atoms with Gasteiger partial charge < -0.3 is 45.1 Å². The Kier molecular flexibility index (Phi) is 60.6. The molecule has 0 radical (unpaired) electrons. The molecule has 1 rings (SSSR count). The number of hydrogen-bond acceptors (Lipinski definition) is 10. The summed E-state index contributed by atoms with van der Waals surface area (Å²) in [6.45, 7) is 5.80. The zero-order valence-electron chi connectivity index (χ0n) is 57.1. The van der Waals surface area contributed by atoms with E-state index in [0.717, 1.165) is 83.5 Å². The monoisotopic (exact) mass is 1240 g/mol. The van der Waals surface area contributed by atoms with Crippen molar-refractivity contribution >= 4 is 11.9 Å². The molecule has 1 amide bonds. The van der Waals surface area contributed by atoms with Gasteiger partial charge in [0.2, 0.25) is 5.91 Å². The fourth-order valence-corrected chi connectivity index (χ4v) is 11.5. The summed E-state index contributed by atoms with van der Waals surface area (Å²) >= 11 is 0. The van der Waals surface area contributed by atoms with Crippen molar-refractivity contribution in [2.24, 2.45) is 0 Å². The molecule has 6 N–H and O–H groups in total. The smallest absolute Gasteiger partial charge is 0.306 e. The van der Waals surface area contributed by atoms with Crippen molar-refractivity contribution in [1.82, 2.24) is 5.32 Å². The Morgan fingerprint density at radius 1 is 0.443 bits per heavy atom. The first kappa shape index (κ1) is 83.1. The van der Waals surface area contributed by atoms with Crippen molar-refractivity contribution in [3.8, 4) is 0 Å². The summed E-state index contributed by atoms with van der Waals surface area (Å²) in [5.41, 5.74) is 0. The number of hydrogen-bond donors (Lipinski definition) is 6. The molecular formula is C77H139NO10. The molecule has 11 heteroatoms. The number of ether oxygens (including phenoxy) is 3. The second-order valence-electron chi connectivity index (χ2n) is 25.7. The Balaban J connectivity index is 2.55. The van der Waals surface area contributed by atoms with Crippen molar-refractivity contribution in [2.75, 3.05) is 13.2 Å². The first-order chi connectivity index (χ1) is 43.2. The molecule has 11 nitrogen and oxygen atoms in total.